The summed E-state index contributed by atoms with van der Waals surface area (Å²) in [5, 5.41) is 0.893. The third-order valence-corrected chi connectivity index (χ3v) is 3.44. The van der Waals surface area contributed by atoms with Crippen molar-refractivity contribution in [1.82, 2.24) is 0 Å². The van der Waals surface area contributed by atoms with E-state index in [0.29, 0.717) is 5.92 Å². The van der Waals surface area contributed by atoms with Crippen molar-refractivity contribution in [2.45, 2.75) is 38.1 Å². The van der Waals surface area contributed by atoms with Gasteiger partial charge in [0, 0.05) is 17.0 Å². The number of nitrogens with two attached hydrogens (primary N) is 1. The summed E-state index contributed by atoms with van der Waals surface area (Å²) in [6.07, 6.45) is 3.56. The van der Waals surface area contributed by atoms with Crippen molar-refractivity contribution in [2.24, 2.45) is 5.73 Å². The second kappa shape index (κ2) is 3.92. The lowest BCUT2D eigenvalue weighted by molar-refractivity contribution is 0.485. The Kier molecular flexibility index (Phi) is 2.80. The molecular weight excluding hydrogens is 194 g/mol. The summed E-state index contributed by atoms with van der Waals surface area (Å²) in [4.78, 5) is 0. The smallest absolute Gasteiger partial charge is 0.0444 e. The summed E-state index contributed by atoms with van der Waals surface area (Å²) in [7, 11) is 0. The molecule has 1 aromatic rings. The van der Waals surface area contributed by atoms with Crippen molar-refractivity contribution < 1.29 is 0 Å². The highest BCUT2D eigenvalue weighted by molar-refractivity contribution is 6.31. The molecule has 2 heteroatoms. The largest absolute Gasteiger partial charge is 0.327 e. The maximum absolute atomic E-state index is 6.23. The van der Waals surface area contributed by atoms with Gasteiger partial charge in [0.25, 0.3) is 0 Å². The van der Waals surface area contributed by atoms with Crippen LogP contribution in [0.3, 0.4) is 0 Å². The van der Waals surface area contributed by atoms with Crippen LogP contribution in [0.4, 0.5) is 0 Å². The second-order valence-corrected chi connectivity index (χ2v) is 4.58. The van der Waals surface area contributed by atoms with Crippen LogP contribution in [0.1, 0.15) is 36.8 Å². The van der Waals surface area contributed by atoms with Crippen LogP contribution in [-0.2, 0) is 6.42 Å². The topological polar surface area (TPSA) is 26.0 Å². The Morgan fingerprint density at radius 3 is 3.00 bits per heavy atom. The van der Waals surface area contributed by atoms with E-state index in [0.717, 1.165) is 11.4 Å². The molecule has 0 radical (unpaired) electrons. The third kappa shape index (κ3) is 1.67. The zero-order valence-electron chi connectivity index (χ0n) is 8.46. The average molecular weight is 210 g/mol. The average Bonchev–Trinajstić information content (AvgIpc) is 2.17. The maximum Gasteiger partial charge on any atom is 0.0444 e. The Morgan fingerprint density at radius 1 is 1.50 bits per heavy atom. The first-order chi connectivity index (χ1) is 6.70. The van der Waals surface area contributed by atoms with E-state index in [1.54, 1.807) is 0 Å². The summed E-state index contributed by atoms with van der Waals surface area (Å²) in [5.41, 5.74) is 8.69. The first-order valence-electron chi connectivity index (χ1n) is 5.23. The van der Waals surface area contributed by atoms with Gasteiger partial charge in [0.1, 0.15) is 0 Å². The number of halogens is 1. The fraction of sp³-hybridized carbons (Fsp3) is 0.500. The first kappa shape index (κ1) is 10.0. The molecule has 2 N–H and O–H groups in total. The van der Waals surface area contributed by atoms with E-state index in [4.69, 9.17) is 17.3 Å². The van der Waals surface area contributed by atoms with Gasteiger partial charge in [0.2, 0.25) is 0 Å². The van der Waals surface area contributed by atoms with E-state index in [1.165, 1.54) is 24.0 Å². The van der Waals surface area contributed by atoms with Crippen molar-refractivity contribution in [1.29, 1.82) is 0 Å². The highest BCUT2D eigenvalue weighted by Gasteiger charge is 2.24. The molecular formula is C12H16ClN. The number of hydrogen-bond donors (Lipinski definition) is 1. The van der Waals surface area contributed by atoms with Crippen LogP contribution in [0, 0.1) is 0 Å². The number of hydrogen-bond acceptors (Lipinski definition) is 1. The van der Waals surface area contributed by atoms with Gasteiger partial charge in [-0.25, -0.2) is 0 Å². The van der Waals surface area contributed by atoms with Crippen LogP contribution in [0.2, 0.25) is 5.02 Å². The van der Waals surface area contributed by atoms with Crippen LogP contribution in [0.5, 0.6) is 0 Å². The Hall–Kier alpha value is -0.530. The van der Waals surface area contributed by atoms with Crippen molar-refractivity contribution in [3.8, 4) is 0 Å². The molecule has 0 aliphatic heterocycles. The summed E-state index contributed by atoms with van der Waals surface area (Å²) >= 11 is 6.23. The van der Waals surface area contributed by atoms with Gasteiger partial charge in [-0.1, -0.05) is 23.7 Å². The highest BCUT2D eigenvalue weighted by atomic mass is 35.5. The van der Waals surface area contributed by atoms with Gasteiger partial charge >= 0.3 is 0 Å². The molecule has 0 saturated heterocycles. The van der Waals surface area contributed by atoms with Crippen molar-refractivity contribution >= 4 is 11.6 Å². The normalized spacial score (nSPS) is 22.9. The fourth-order valence-corrected chi connectivity index (χ4v) is 2.73. The van der Waals surface area contributed by atoms with Crippen LogP contribution >= 0.6 is 11.6 Å². The maximum atomic E-state index is 6.23. The van der Waals surface area contributed by atoms with Gasteiger partial charge in [-0.05, 0) is 43.4 Å². The van der Waals surface area contributed by atoms with E-state index in [2.05, 4.69) is 13.0 Å². The zero-order valence-corrected chi connectivity index (χ0v) is 9.22. The quantitative estimate of drug-likeness (QED) is 0.756. The summed E-state index contributed by atoms with van der Waals surface area (Å²) in [6, 6.07) is 6.38. The minimum absolute atomic E-state index is 0.203. The monoisotopic (exact) mass is 209 g/mol. The standard InChI is InChI=1S/C12H16ClN/c1-8(14)10-6-2-4-9-5-3-7-11(13)12(9)10/h3,5,7-8,10H,2,4,6,14H2,1H3. The molecule has 0 fully saturated rings. The van der Waals surface area contributed by atoms with Crippen LogP contribution < -0.4 is 5.73 Å². The SMILES string of the molecule is CC(N)C1CCCc2cccc(Cl)c21. The van der Waals surface area contributed by atoms with Crippen LogP contribution in [0.15, 0.2) is 18.2 Å². The van der Waals surface area contributed by atoms with Gasteiger partial charge in [-0.2, -0.15) is 0 Å². The van der Waals surface area contributed by atoms with E-state index in [-0.39, 0.29) is 6.04 Å². The molecule has 1 aliphatic carbocycles. The molecule has 1 aliphatic rings. The van der Waals surface area contributed by atoms with Gasteiger partial charge in [0.05, 0.1) is 0 Å². The lowest BCUT2D eigenvalue weighted by atomic mass is 9.79. The second-order valence-electron chi connectivity index (χ2n) is 4.17. The van der Waals surface area contributed by atoms with Gasteiger partial charge in [-0.15, -0.1) is 0 Å². The predicted octanol–water partition coefficient (Wildman–Crippen LogP) is 3.11. The molecule has 2 unspecified atom stereocenters. The fourth-order valence-electron chi connectivity index (χ4n) is 2.40. The molecule has 0 heterocycles. The molecule has 0 saturated carbocycles. The molecule has 0 aromatic heterocycles. The molecule has 2 atom stereocenters. The third-order valence-electron chi connectivity index (χ3n) is 3.11. The molecule has 1 nitrogen and oxygen atoms in total. The molecule has 2 rings (SSSR count). The van der Waals surface area contributed by atoms with E-state index < -0.39 is 0 Å². The molecule has 14 heavy (non-hydrogen) atoms. The minimum Gasteiger partial charge on any atom is -0.327 e. The van der Waals surface area contributed by atoms with E-state index in [9.17, 15) is 0 Å². The van der Waals surface area contributed by atoms with Crippen molar-refractivity contribution in [3.63, 3.8) is 0 Å². The first-order valence-corrected chi connectivity index (χ1v) is 5.61. The molecule has 76 valence electrons. The molecule has 0 bridgehead atoms. The number of fused-ring (bicyclic) bond motifs is 1. The zero-order chi connectivity index (χ0) is 10.1. The highest BCUT2D eigenvalue weighted by Crippen LogP contribution is 2.37. The summed E-state index contributed by atoms with van der Waals surface area (Å²) in [6.45, 7) is 2.07. The Bertz CT molecular complexity index is 333. The number of rotatable bonds is 1. The Morgan fingerprint density at radius 2 is 2.29 bits per heavy atom. The van der Waals surface area contributed by atoms with Crippen LogP contribution in [-0.4, -0.2) is 6.04 Å². The van der Waals surface area contributed by atoms with Gasteiger partial charge in [-0.3, -0.25) is 0 Å². The van der Waals surface area contributed by atoms with Crippen LogP contribution in [0.25, 0.3) is 0 Å². The summed E-state index contributed by atoms with van der Waals surface area (Å²) < 4.78 is 0. The van der Waals surface area contributed by atoms with Crippen molar-refractivity contribution in [2.75, 3.05) is 0 Å². The lowest BCUT2D eigenvalue weighted by Crippen LogP contribution is -2.28. The van der Waals surface area contributed by atoms with E-state index >= 15 is 0 Å². The van der Waals surface area contributed by atoms with Crippen molar-refractivity contribution in [3.05, 3.63) is 34.3 Å². The van der Waals surface area contributed by atoms with E-state index in [1.807, 2.05) is 12.1 Å². The predicted molar refractivity (Wildman–Crippen MR) is 60.8 cm³/mol. The summed E-state index contributed by atoms with van der Waals surface area (Å²) in [5.74, 6) is 0.451. The lowest BCUT2D eigenvalue weighted by Gasteiger charge is -2.29. The minimum atomic E-state index is 0.203. The number of aryl methyl sites for hydroxylation is 1. The number of benzene rings is 1. The Balaban J connectivity index is 2.47. The van der Waals surface area contributed by atoms with Gasteiger partial charge in [0.15, 0.2) is 0 Å². The Labute approximate surface area is 90.3 Å². The molecule has 1 aromatic carbocycles. The molecule has 0 amide bonds. The molecule has 0 spiro atoms. The van der Waals surface area contributed by atoms with Gasteiger partial charge < -0.3 is 5.73 Å².